The number of hydrogen-bond donors (Lipinski definition) is 1. The van der Waals surface area contributed by atoms with Gasteiger partial charge in [-0.2, -0.15) is 0 Å². The number of amides is 1. The molecule has 2 aromatic heterocycles. The standard InChI is InChI=1S/C23H20BrFN2OS2.ClH/c1-27(12-20-10-17(24)14-29-20)9-8-16-13-30-22-7-6-19(11-21(16)22)26-23(28)15-2-4-18(25)5-3-15;/h2-7,10-11,13-14H,8-9,12H2,1H3,(H,26,28);1H. The predicted molar refractivity (Wildman–Crippen MR) is 135 cm³/mol. The fourth-order valence-electron chi connectivity index (χ4n) is 3.25. The van der Waals surface area contributed by atoms with E-state index in [9.17, 15) is 9.18 Å². The number of halogens is 3. The molecular weight excluding hydrogens is 519 g/mol. The van der Waals surface area contributed by atoms with Crippen LogP contribution in [0.25, 0.3) is 10.1 Å². The highest BCUT2D eigenvalue weighted by molar-refractivity contribution is 9.10. The molecule has 4 aromatic rings. The van der Waals surface area contributed by atoms with Crippen molar-refractivity contribution in [2.45, 2.75) is 13.0 Å². The molecule has 0 saturated heterocycles. The van der Waals surface area contributed by atoms with Crippen molar-refractivity contribution in [1.29, 1.82) is 0 Å². The average molecular weight is 540 g/mol. The van der Waals surface area contributed by atoms with E-state index in [0.29, 0.717) is 5.56 Å². The third-order valence-corrected chi connectivity index (χ3v) is 7.52. The summed E-state index contributed by atoms with van der Waals surface area (Å²) >= 11 is 6.99. The number of benzene rings is 2. The second-order valence-corrected chi connectivity index (χ2v) is 9.97. The quantitative estimate of drug-likeness (QED) is 0.269. The van der Waals surface area contributed by atoms with Gasteiger partial charge in [0.05, 0.1) is 0 Å². The Bertz CT molecular complexity index is 1180. The smallest absolute Gasteiger partial charge is 0.255 e. The van der Waals surface area contributed by atoms with Crippen molar-refractivity contribution in [3.05, 3.63) is 85.6 Å². The van der Waals surface area contributed by atoms with E-state index < -0.39 is 0 Å². The van der Waals surface area contributed by atoms with E-state index in [0.717, 1.165) is 29.7 Å². The summed E-state index contributed by atoms with van der Waals surface area (Å²) in [5.41, 5.74) is 2.46. The molecule has 8 heteroatoms. The Morgan fingerprint density at radius 3 is 2.58 bits per heavy atom. The molecule has 31 heavy (non-hydrogen) atoms. The van der Waals surface area contributed by atoms with Crippen LogP contribution in [-0.4, -0.2) is 24.4 Å². The summed E-state index contributed by atoms with van der Waals surface area (Å²) in [6.07, 6.45) is 0.943. The number of thiophene rings is 2. The monoisotopic (exact) mass is 538 g/mol. The first-order valence-corrected chi connectivity index (χ1v) is 12.0. The lowest BCUT2D eigenvalue weighted by Crippen LogP contribution is -2.20. The molecule has 0 aliphatic rings. The van der Waals surface area contributed by atoms with Gasteiger partial charge >= 0.3 is 0 Å². The summed E-state index contributed by atoms with van der Waals surface area (Å²) in [5, 5.41) is 8.40. The second kappa shape index (κ2) is 10.7. The average Bonchev–Trinajstić information content (AvgIpc) is 3.32. The zero-order chi connectivity index (χ0) is 21.1. The highest BCUT2D eigenvalue weighted by Crippen LogP contribution is 2.29. The molecule has 1 amide bonds. The van der Waals surface area contributed by atoms with E-state index in [1.54, 1.807) is 22.7 Å². The van der Waals surface area contributed by atoms with Gasteiger partial charge in [0, 0.05) is 43.8 Å². The Balaban J connectivity index is 0.00000272. The number of carbonyl (C=O) groups is 1. The molecule has 0 bridgehead atoms. The van der Waals surface area contributed by atoms with E-state index in [1.807, 2.05) is 18.2 Å². The fourth-order valence-corrected chi connectivity index (χ4v) is 5.76. The molecule has 2 heterocycles. The number of hydrogen-bond acceptors (Lipinski definition) is 4. The van der Waals surface area contributed by atoms with Gasteiger partial charge in [0.25, 0.3) is 5.91 Å². The minimum absolute atomic E-state index is 0. The van der Waals surface area contributed by atoms with Crippen LogP contribution in [0.3, 0.4) is 0 Å². The SMILES string of the molecule is CN(CCc1csc2ccc(NC(=O)c3ccc(F)cc3)cc12)Cc1cc(Br)cs1.Cl. The summed E-state index contributed by atoms with van der Waals surface area (Å²) < 4.78 is 15.4. The van der Waals surface area contributed by atoms with Crippen molar-refractivity contribution < 1.29 is 9.18 Å². The molecule has 0 fully saturated rings. The van der Waals surface area contributed by atoms with E-state index in [2.05, 4.69) is 50.0 Å². The second-order valence-electron chi connectivity index (χ2n) is 7.15. The summed E-state index contributed by atoms with van der Waals surface area (Å²) in [4.78, 5) is 16.1. The highest BCUT2D eigenvalue weighted by Gasteiger charge is 2.10. The van der Waals surface area contributed by atoms with Gasteiger partial charge in [0.15, 0.2) is 0 Å². The molecule has 0 unspecified atom stereocenters. The van der Waals surface area contributed by atoms with Crippen LogP contribution in [0, 0.1) is 5.82 Å². The summed E-state index contributed by atoms with van der Waals surface area (Å²) in [6, 6.07) is 13.7. The molecular formula is C23H21BrClFN2OS2. The van der Waals surface area contributed by atoms with Gasteiger partial charge in [-0.3, -0.25) is 4.79 Å². The Morgan fingerprint density at radius 2 is 1.87 bits per heavy atom. The lowest BCUT2D eigenvalue weighted by atomic mass is 10.1. The van der Waals surface area contributed by atoms with E-state index in [4.69, 9.17) is 0 Å². The molecule has 162 valence electrons. The van der Waals surface area contributed by atoms with Crippen LogP contribution >= 0.6 is 51.0 Å². The zero-order valence-corrected chi connectivity index (χ0v) is 20.8. The van der Waals surface area contributed by atoms with E-state index in [-0.39, 0.29) is 24.1 Å². The van der Waals surface area contributed by atoms with Crippen molar-refractivity contribution in [3.63, 3.8) is 0 Å². The molecule has 3 nitrogen and oxygen atoms in total. The van der Waals surface area contributed by atoms with Crippen LogP contribution < -0.4 is 5.32 Å². The first kappa shape index (κ1) is 23.9. The van der Waals surface area contributed by atoms with Crippen molar-refractivity contribution in [3.8, 4) is 0 Å². The maximum atomic E-state index is 13.1. The predicted octanol–water partition coefficient (Wildman–Crippen LogP) is 7.21. The third kappa shape index (κ3) is 6.14. The number of carbonyl (C=O) groups excluding carboxylic acids is 1. The van der Waals surface area contributed by atoms with Gasteiger partial charge in [-0.05, 0) is 94.3 Å². The lowest BCUT2D eigenvalue weighted by Gasteiger charge is -2.15. The molecule has 0 aliphatic carbocycles. The molecule has 2 aromatic carbocycles. The topological polar surface area (TPSA) is 32.3 Å². The van der Waals surface area contributed by atoms with Crippen LogP contribution in [0.2, 0.25) is 0 Å². The normalized spacial score (nSPS) is 11.0. The molecule has 4 rings (SSSR count). The van der Waals surface area contributed by atoms with Gasteiger partial charge < -0.3 is 10.2 Å². The molecule has 0 radical (unpaired) electrons. The van der Waals surface area contributed by atoms with Crippen LogP contribution in [-0.2, 0) is 13.0 Å². The van der Waals surface area contributed by atoms with E-state index >= 15 is 0 Å². The van der Waals surface area contributed by atoms with Gasteiger partial charge in [-0.25, -0.2) is 4.39 Å². The molecule has 0 spiro atoms. The Hall–Kier alpha value is -1.77. The molecule has 0 saturated carbocycles. The van der Waals surface area contributed by atoms with Crippen molar-refractivity contribution in [1.82, 2.24) is 4.90 Å². The Morgan fingerprint density at radius 1 is 1.10 bits per heavy atom. The minimum atomic E-state index is -0.354. The summed E-state index contributed by atoms with van der Waals surface area (Å²) in [5.74, 6) is -0.597. The van der Waals surface area contributed by atoms with Gasteiger partial charge in [0.2, 0.25) is 0 Å². The zero-order valence-electron chi connectivity index (χ0n) is 16.7. The Labute approximate surface area is 203 Å². The number of anilines is 1. The fraction of sp³-hybridized carbons (Fsp3) is 0.174. The maximum Gasteiger partial charge on any atom is 0.255 e. The van der Waals surface area contributed by atoms with E-state index in [1.165, 1.54) is 44.8 Å². The van der Waals surface area contributed by atoms with Gasteiger partial charge in [0.1, 0.15) is 5.82 Å². The Kier molecular flexibility index (Phi) is 8.24. The van der Waals surface area contributed by atoms with Crippen LogP contribution in [0.1, 0.15) is 20.8 Å². The lowest BCUT2D eigenvalue weighted by molar-refractivity contribution is 0.102. The van der Waals surface area contributed by atoms with Gasteiger partial charge in [-0.15, -0.1) is 35.1 Å². The largest absolute Gasteiger partial charge is 0.322 e. The third-order valence-electron chi connectivity index (χ3n) is 4.83. The minimum Gasteiger partial charge on any atom is -0.322 e. The van der Waals surface area contributed by atoms with Crippen molar-refractivity contribution >= 4 is 72.7 Å². The number of rotatable bonds is 7. The number of likely N-dealkylation sites (N-methyl/N-ethyl adjacent to an activating group) is 1. The van der Waals surface area contributed by atoms with Gasteiger partial charge in [-0.1, -0.05) is 0 Å². The summed E-state index contributed by atoms with van der Waals surface area (Å²) in [6.45, 7) is 1.88. The van der Waals surface area contributed by atoms with Crippen LogP contribution in [0.5, 0.6) is 0 Å². The maximum absolute atomic E-state index is 13.1. The first-order valence-electron chi connectivity index (χ1n) is 9.46. The number of nitrogens with zero attached hydrogens (tertiary/aromatic N) is 1. The van der Waals surface area contributed by atoms with Crippen LogP contribution in [0.15, 0.2) is 63.8 Å². The molecule has 0 atom stereocenters. The molecule has 1 N–H and O–H groups in total. The van der Waals surface area contributed by atoms with Crippen molar-refractivity contribution in [2.24, 2.45) is 0 Å². The van der Waals surface area contributed by atoms with Crippen LogP contribution in [0.4, 0.5) is 10.1 Å². The van der Waals surface area contributed by atoms with Crippen molar-refractivity contribution in [2.75, 3.05) is 18.9 Å². The summed E-state index contributed by atoms with van der Waals surface area (Å²) in [7, 11) is 2.14. The molecule has 0 aliphatic heterocycles. The highest BCUT2D eigenvalue weighted by atomic mass is 79.9. The number of nitrogens with one attached hydrogen (secondary N) is 1. The number of fused-ring (bicyclic) bond motifs is 1. The first-order chi connectivity index (χ1) is 14.5.